The van der Waals surface area contributed by atoms with Gasteiger partial charge in [-0.05, 0) is 30.2 Å². The van der Waals surface area contributed by atoms with Gasteiger partial charge in [-0.3, -0.25) is 0 Å². The number of alkyl halides is 10. The van der Waals surface area contributed by atoms with Crippen molar-refractivity contribution in [2.24, 2.45) is 0 Å². The van der Waals surface area contributed by atoms with Crippen LogP contribution in [0.4, 0.5) is 43.9 Å². The van der Waals surface area contributed by atoms with Crippen LogP contribution in [0.1, 0.15) is 24.3 Å². The summed E-state index contributed by atoms with van der Waals surface area (Å²) in [6.07, 6.45) is -9.89. The molecule has 2 rings (SSSR count). The van der Waals surface area contributed by atoms with Gasteiger partial charge in [-0.2, -0.15) is 47.9 Å². The van der Waals surface area contributed by atoms with Crippen molar-refractivity contribution in [3.8, 4) is 0 Å². The fourth-order valence-electron chi connectivity index (χ4n) is 2.66. The molecule has 1 aliphatic carbocycles. The van der Waals surface area contributed by atoms with Gasteiger partial charge in [-0.25, -0.2) is 4.39 Å². The first-order chi connectivity index (χ1) is 13.8. The van der Waals surface area contributed by atoms with Gasteiger partial charge in [-0.15, -0.1) is 0 Å². The molecule has 0 fully saturated rings. The molecule has 0 aliphatic heterocycles. The maximum atomic E-state index is 14.4. The molecule has 3 nitrogen and oxygen atoms in total. The zero-order chi connectivity index (χ0) is 24.0. The third-order valence-electron chi connectivity index (χ3n) is 4.38. The minimum atomic E-state index is -7.42. The predicted molar refractivity (Wildman–Crippen MR) is 87.3 cm³/mol. The lowest BCUT2D eigenvalue weighted by atomic mass is 9.85. The molecule has 1 aromatic carbocycles. The van der Waals surface area contributed by atoms with E-state index in [4.69, 9.17) is 11.6 Å². The predicted octanol–water partition coefficient (Wildman–Crippen LogP) is 6.21. The maximum Gasteiger partial charge on any atom is 0.460 e. The monoisotopic (exact) mass is 508 g/mol. The number of halogens is 11. The van der Waals surface area contributed by atoms with Crippen molar-refractivity contribution >= 4 is 21.7 Å². The van der Waals surface area contributed by atoms with E-state index >= 15 is 0 Å². The van der Waals surface area contributed by atoms with E-state index in [-0.39, 0.29) is 6.42 Å². The van der Waals surface area contributed by atoms with Crippen LogP contribution in [-0.4, -0.2) is 37.9 Å². The zero-order valence-corrected chi connectivity index (χ0v) is 16.3. The van der Waals surface area contributed by atoms with Crippen molar-refractivity contribution in [1.29, 1.82) is 0 Å². The second kappa shape index (κ2) is 8.01. The van der Waals surface area contributed by atoms with Gasteiger partial charge < -0.3 is 4.18 Å². The first kappa shape index (κ1) is 25.6. The summed E-state index contributed by atoms with van der Waals surface area (Å²) >= 11 is 5.67. The summed E-state index contributed by atoms with van der Waals surface area (Å²) in [5.41, 5.74) is 0.358. The molecule has 0 aromatic heterocycles. The highest BCUT2D eigenvalue weighted by Crippen LogP contribution is 2.55. The number of hydrogen-bond acceptors (Lipinski definition) is 3. The molecule has 31 heavy (non-hydrogen) atoms. The van der Waals surface area contributed by atoms with Crippen LogP contribution in [0.2, 0.25) is 5.02 Å². The summed E-state index contributed by atoms with van der Waals surface area (Å²) in [7, 11) is -7.09. The summed E-state index contributed by atoms with van der Waals surface area (Å²) in [5, 5.41) is -6.70. The number of rotatable bonds is 6. The van der Waals surface area contributed by atoms with Crippen molar-refractivity contribution in [2.45, 2.75) is 48.2 Å². The van der Waals surface area contributed by atoms with Crippen LogP contribution in [0.5, 0.6) is 0 Å². The van der Waals surface area contributed by atoms with E-state index in [1.165, 1.54) is 24.3 Å². The van der Waals surface area contributed by atoms with Gasteiger partial charge in [0, 0.05) is 17.4 Å². The summed E-state index contributed by atoms with van der Waals surface area (Å²) in [6.45, 7) is 0. The Bertz CT molecular complexity index is 941. The van der Waals surface area contributed by atoms with E-state index in [9.17, 15) is 52.3 Å². The molecule has 0 heterocycles. The molecule has 0 N–H and O–H groups in total. The number of allylic oxidation sites excluding steroid dienone is 2. The number of hydrogen-bond donors (Lipinski definition) is 0. The number of benzene rings is 1. The molecule has 0 radical (unpaired) electrons. The minimum Gasteiger partial charge on any atom is -0.383 e. The van der Waals surface area contributed by atoms with Gasteiger partial charge in [0.2, 0.25) is 0 Å². The lowest BCUT2D eigenvalue weighted by molar-refractivity contribution is -0.382. The van der Waals surface area contributed by atoms with Gasteiger partial charge in [0.15, 0.2) is 0 Å². The molecule has 0 saturated heterocycles. The van der Waals surface area contributed by atoms with Crippen molar-refractivity contribution in [1.82, 2.24) is 0 Å². The highest BCUT2D eigenvalue weighted by Gasteiger charge is 2.86. The normalized spacial score (nSPS) is 21.6. The average molecular weight is 509 g/mol. The van der Waals surface area contributed by atoms with Crippen molar-refractivity contribution < 1.29 is 56.5 Å². The Morgan fingerprint density at radius 1 is 0.903 bits per heavy atom. The summed E-state index contributed by atoms with van der Waals surface area (Å²) in [6, 6.07) is 5.61. The smallest absolute Gasteiger partial charge is 0.383 e. The Morgan fingerprint density at radius 2 is 1.42 bits per heavy atom. The Labute approximate surface area is 173 Å². The standard InChI is InChI=1S/C16H11ClF10O3S/c17-9-3-1-8(2-4-9)11-6-5-10(7-12(11)18)30-31(28,29)16(26,27)14(21,22)13(19,20)15(23,24)25/h1-5,11-12H,6-7H2. The van der Waals surface area contributed by atoms with Crippen LogP contribution >= 0.6 is 11.6 Å². The Kier molecular flexibility index (Phi) is 6.61. The van der Waals surface area contributed by atoms with Gasteiger partial charge in [0.25, 0.3) is 0 Å². The first-order valence-corrected chi connectivity index (χ1v) is 9.86. The summed E-state index contributed by atoms with van der Waals surface area (Å²) < 4.78 is 157. The topological polar surface area (TPSA) is 43.4 Å². The maximum absolute atomic E-state index is 14.4. The van der Waals surface area contributed by atoms with Crippen LogP contribution in [0.25, 0.3) is 0 Å². The molecule has 0 spiro atoms. The van der Waals surface area contributed by atoms with E-state index in [1.54, 1.807) is 0 Å². The van der Waals surface area contributed by atoms with E-state index < -0.39 is 57.7 Å². The third-order valence-corrected chi connectivity index (χ3v) is 5.95. The summed E-state index contributed by atoms with van der Waals surface area (Å²) in [5.74, 6) is -16.9. The first-order valence-electron chi connectivity index (χ1n) is 8.08. The van der Waals surface area contributed by atoms with Crippen molar-refractivity contribution in [3.63, 3.8) is 0 Å². The third kappa shape index (κ3) is 4.45. The highest BCUT2D eigenvalue weighted by molar-refractivity contribution is 7.88. The van der Waals surface area contributed by atoms with Crippen molar-refractivity contribution in [3.05, 3.63) is 46.7 Å². The largest absolute Gasteiger partial charge is 0.460 e. The van der Waals surface area contributed by atoms with Crippen LogP contribution in [0, 0.1) is 0 Å². The van der Waals surface area contributed by atoms with Gasteiger partial charge in [-0.1, -0.05) is 23.7 Å². The quantitative estimate of drug-likeness (QED) is 0.339. The van der Waals surface area contributed by atoms with Crippen LogP contribution in [0.3, 0.4) is 0 Å². The second-order valence-corrected chi connectivity index (χ2v) is 8.51. The molecule has 1 aromatic rings. The molecule has 0 saturated carbocycles. The Morgan fingerprint density at radius 3 is 1.87 bits per heavy atom. The second-order valence-electron chi connectivity index (χ2n) is 6.49. The van der Waals surface area contributed by atoms with Crippen LogP contribution in [-0.2, 0) is 14.3 Å². The van der Waals surface area contributed by atoms with Gasteiger partial charge in [0.05, 0.1) is 0 Å². The molecular weight excluding hydrogens is 498 g/mol. The molecule has 2 unspecified atom stereocenters. The lowest BCUT2D eigenvalue weighted by Gasteiger charge is -2.33. The average Bonchev–Trinajstić information content (AvgIpc) is 2.61. The summed E-state index contributed by atoms with van der Waals surface area (Å²) in [4.78, 5) is 0. The molecule has 0 bridgehead atoms. The van der Waals surface area contributed by atoms with Gasteiger partial charge in [0.1, 0.15) is 11.9 Å². The van der Waals surface area contributed by atoms with E-state index in [1.807, 2.05) is 0 Å². The zero-order valence-electron chi connectivity index (χ0n) is 14.7. The molecule has 0 amide bonds. The molecule has 15 heteroatoms. The Hall–Kier alpha value is -1.70. The minimum absolute atomic E-state index is 0.305. The van der Waals surface area contributed by atoms with E-state index in [0.717, 1.165) is 6.08 Å². The van der Waals surface area contributed by atoms with E-state index in [0.29, 0.717) is 10.6 Å². The van der Waals surface area contributed by atoms with Crippen molar-refractivity contribution in [2.75, 3.05) is 0 Å². The van der Waals surface area contributed by atoms with Crippen LogP contribution in [0.15, 0.2) is 36.1 Å². The fraction of sp³-hybridized carbons (Fsp3) is 0.500. The Balaban J connectivity index is 2.28. The van der Waals surface area contributed by atoms with Gasteiger partial charge >= 0.3 is 33.4 Å². The van der Waals surface area contributed by atoms with Crippen LogP contribution < -0.4 is 0 Å². The highest BCUT2D eigenvalue weighted by atomic mass is 35.5. The molecule has 2 atom stereocenters. The molecule has 1 aliphatic rings. The fourth-order valence-corrected chi connectivity index (χ4v) is 3.75. The SMILES string of the molecule is O=S(=O)(OC1=CCC(c2ccc(Cl)cc2)C(F)C1)C(F)(F)C(F)(F)C(F)(F)C(F)(F)F. The lowest BCUT2D eigenvalue weighted by Crippen LogP contribution is -2.63. The molecular formula is C16H11ClF10O3S. The molecule has 176 valence electrons. The van der Waals surface area contributed by atoms with E-state index in [2.05, 4.69) is 4.18 Å².